The summed E-state index contributed by atoms with van der Waals surface area (Å²) in [5.41, 5.74) is 0. The first-order valence-corrected chi connectivity index (χ1v) is 16.0. The summed E-state index contributed by atoms with van der Waals surface area (Å²) in [6.45, 7) is -1.04. The van der Waals surface area contributed by atoms with Gasteiger partial charge in [-0.3, -0.25) is 4.79 Å². The second kappa shape index (κ2) is 30.7. The third kappa shape index (κ3) is 26.7. The Morgan fingerprint density at radius 2 is 1.24 bits per heavy atom. The van der Waals surface area contributed by atoms with Crippen molar-refractivity contribution in [3.8, 4) is 0 Å². The minimum Gasteiger partial charge on any atom is -0.394 e. The maximum Gasteiger partial charge on any atom is 0.220 e. The first-order chi connectivity index (χ1) is 21.3. The predicted molar refractivity (Wildman–Crippen MR) is 166 cm³/mol. The molecule has 0 heterocycles. The van der Waals surface area contributed by atoms with Gasteiger partial charge in [0, 0.05) is 16.0 Å². The highest BCUT2D eigenvalue weighted by Gasteiger charge is 2.17. The van der Waals surface area contributed by atoms with Crippen LogP contribution in [0.3, 0.4) is 0 Å². The van der Waals surface area contributed by atoms with Gasteiger partial charge in [-0.15, -0.1) is 0 Å². The molecule has 0 aromatic rings. The Morgan fingerprint density at radius 1 is 0.763 bits per heavy atom. The van der Waals surface area contributed by atoms with Crippen LogP contribution in [0, 0.1) is 0 Å². The third-order valence-electron chi connectivity index (χ3n) is 7.31. The van der Waals surface area contributed by atoms with Crippen molar-refractivity contribution in [3.63, 3.8) is 0 Å². The quantitative estimate of drug-likeness (QED) is 0.0622. The van der Waals surface area contributed by atoms with E-state index in [0.29, 0.717) is 12.8 Å². The van der Waals surface area contributed by atoms with Gasteiger partial charge in [0.25, 0.3) is 0 Å². The van der Waals surface area contributed by atoms with E-state index in [4.69, 9.17) is 9.60 Å². The highest BCUT2D eigenvalue weighted by molar-refractivity contribution is 5.76. The van der Waals surface area contributed by atoms with Crippen molar-refractivity contribution >= 4 is 5.91 Å². The van der Waals surface area contributed by atoms with Crippen molar-refractivity contribution < 1.29 is 24.6 Å². The highest BCUT2D eigenvalue weighted by Crippen LogP contribution is 2.14. The first kappa shape index (κ1) is 26.1. The first-order valence-electron chi connectivity index (χ1n) is 19.5. The Labute approximate surface area is 247 Å². The Morgan fingerprint density at radius 3 is 1.74 bits per heavy atom. The van der Waals surface area contributed by atoms with Crippen molar-refractivity contribution in [2.45, 2.75) is 193 Å². The van der Waals surface area contributed by atoms with Gasteiger partial charge >= 0.3 is 0 Å². The average Bonchev–Trinajstić information content (AvgIpc) is 2.97. The van der Waals surface area contributed by atoms with E-state index in [1.807, 2.05) is 6.08 Å². The van der Waals surface area contributed by atoms with Crippen molar-refractivity contribution in [2.24, 2.45) is 0 Å². The molecule has 0 fully saturated rings. The highest BCUT2D eigenvalue weighted by atomic mass is 16.3. The Kier molecular flexibility index (Phi) is 21.0. The van der Waals surface area contributed by atoms with E-state index in [9.17, 15) is 15.0 Å². The molecule has 0 spiro atoms. The van der Waals surface area contributed by atoms with E-state index in [0.717, 1.165) is 70.6 Å². The molecule has 2 atom stereocenters. The van der Waals surface area contributed by atoms with Crippen LogP contribution in [0.4, 0.5) is 0 Å². The number of aliphatic hydroxyl groups excluding tert-OH is 2. The van der Waals surface area contributed by atoms with Gasteiger partial charge in [-0.2, -0.15) is 0 Å². The summed E-state index contributed by atoms with van der Waals surface area (Å²) in [6.07, 6.45) is 22.1. The van der Waals surface area contributed by atoms with E-state index in [1.165, 1.54) is 64.2 Å². The number of carbonyl (C=O) groups is 1. The molecule has 0 aliphatic rings. The Bertz CT molecular complexity index is 748. The van der Waals surface area contributed by atoms with E-state index in [-0.39, 0.29) is 18.9 Å². The van der Waals surface area contributed by atoms with E-state index >= 15 is 0 Å². The lowest BCUT2D eigenvalue weighted by Gasteiger charge is -2.20. The minimum atomic E-state index is -2.98. The van der Waals surface area contributed by atoms with E-state index < -0.39 is 31.7 Å². The van der Waals surface area contributed by atoms with Crippen LogP contribution in [0.5, 0.6) is 0 Å². The number of hydrogen-bond donors (Lipinski definition) is 3. The van der Waals surface area contributed by atoms with Crippen LogP contribution in [0.25, 0.3) is 0 Å². The van der Waals surface area contributed by atoms with Crippen molar-refractivity contribution in [2.75, 3.05) is 6.61 Å². The van der Waals surface area contributed by atoms with Crippen molar-refractivity contribution in [1.82, 2.24) is 5.32 Å². The summed E-state index contributed by atoms with van der Waals surface area (Å²) in [5.74, 6) is -0.125. The number of amides is 1. The SMILES string of the molecule is [2H]C([2H])([2H])C([2H])([2H])C([2H])([2H])CCCCCCCCCC/C=C/[C@@H](O)[C@H](CO)NC(=O)CCCCCCCCCCCCCCC. The van der Waals surface area contributed by atoms with Crippen LogP contribution < -0.4 is 5.32 Å². The molecule has 0 radical (unpaired) electrons. The summed E-state index contributed by atoms with van der Waals surface area (Å²) in [4.78, 5) is 12.3. The lowest BCUT2D eigenvalue weighted by Crippen LogP contribution is -2.45. The molecule has 0 rings (SSSR count). The topological polar surface area (TPSA) is 69.6 Å². The van der Waals surface area contributed by atoms with Crippen LogP contribution in [0.1, 0.15) is 190 Å². The molecule has 0 bridgehead atoms. The van der Waals surface area contributed by atoms with E-state index in [1.54, 1.807) is 6.08 Å². The maximum absolute atomic E-state index is 12.3. The fourth-order valence-corrected chi connectivity index (χ4v) is 4.79. The molecule has 0 aliphatic heterocycles. The molecule has 0 aromatic carbocycles. The smallest absolute Gasteiger partial charge is 0.220 e. The molecule has 4 heteroatoms. The summed E-state index contributed by atoms with van der Waals surface area (Å²) < 4.78 is 52.8. The van der Waals surface area contributed by atoms with Crippen molar-refractivity contribution in [1.29, 1.82) is 0 Å². The van der Waals surface area contributed by atoms with Crippen LogP contribution in [0.2, 0.25) is 0 Å². The number of rotatable bonds is 30. The van der Waals surface area contributed by atoms with Gasteiger partial charge in [-0.25, -0.2) is 0 Å². The number of aliphatic hydroxyl groups is 2. The zero-order valence-corrected chi connectivity index (χ0v) is 24.8. The predicted octanol–water partition coefficient (Wildman–Crippen LogP) is 9.56. The largest absolute Gasteiger partial charge is 0.394 e. The summed E-state index contributed by atoms with van der Waals surface area (Å²) >= 11 is 0. The summed E-state index contributed by atoms with van der Waals surface area (Å²) in [7, 11) is 0. The molecule has 0 aromatic heterocycles. The molecular weight excluding hydrogens is 470 g/mol. The number of carbonyl (C=O) groups excluding carboxylic acids is 1. The third-order valence-corrected chi connectivity index (χ3v) is 7.31. The fraction of sp³-hybridized carbons (Fsp3) is 0.912. The molecule has 0 unspecified atom stereocenters. The van der Waals surface area contributed by atoms with Crippen LogP contribution in [-0.2, 0) is 4.79 Å². The van der Waals surface area contributed by atoms with Gasteiger partial charge in [0.15, 0.2) is 0 Å². The molecule has 0 aliphatic carbocycles. The molecule has 38 heavy (non-hydrogen) atoms. The fourth-order valence-electron chi connectivity index (χ4n) is 4.79. The van der Waals surface area contributed by atoms with Crippen LogP contribution in [-0.4, -0.2) is 34.9 Å². The molecular formula is C34H67NO3. The lowest BCUT2D eigenvalue weighted by atomic mass is 10.0. The molecule has 1 amide bonds. The summed E-state index contributed by atoms with van der Waals surface area (Å²) in [6, 6.07) is -0.696. The zero-order chi connectivity index (χ0) is 34.0. The standard InChI is InChI=1S/C34H67NO3/c1-3-5-7-9-11-13-15-17-19-21-23-25-27-29-33(37)32(31-36)35-34(38)30-28-26-24-22-20-18-16-14-12-10-8-6-4-2/h27,29,32-33,36-37H,3-26,28,30-31H2,1-2H3,(H,35,38)/b29-27+/t32-,33+/m0/s1/i1D3,3D2,5D2. The second-order valence-electron chi connectivity index (χ2n) is 10.9. The van der Waals surface area contributed by atoms with Gasteiger partial charge in [0.2, 0.25) is 5.91 Å². The normalized spacial score (nSPS) is 17.1. The van der Waals surface area contributed by atoms with Crippen LogP contribution in [0.15, 0.2) is 12.2 Å². The summed E-state index contributed by atoms with van der Waals surface area (Å²) in [5, 5.41) is 22.8. The van der Waals surface area contributed by atoms with Gasteiger partial charge in [-0.05, 0) is 19.3 Å². The van der Waals surface area contributed by atoms with Gasteiger partial charge < -0.3 is 15.5 Å². The maximum atomic E-state index is 12.3. The molecule has 0 saturated heterocycles. The minimum absolute atomic E-state index is 0.100. The monoisotopic (exact) mass is 545 g/mol. The molecule has 0 saturated carbocycles. The second-order valence-corrected chi connectivity index (χ2v) is 10.9. The molecule has 3 N–H and O–H groups in total. The molecule has 226 valence electrons. The zero-order valence-electron chi connectivity index (χ0n) is 31.8. The van der Waals surface area contributed by atoms with Gasteiger partial charge in [-0.1, -0.05) is 167 Å². The van der Waals surface area contributed by atoms with Crippen LogP contribution >= 0.6 is 0 Å². The molecule has 4 nitrogen and oxygen atoms in total. The number of allylic oxidation sites excluding steroid dienone is 1. The number of nitrogens with one attached hydrogen (secondary N) is 1. The number of hydrogen-bond acceptors (Lipinski definition) is 3. The van der Waals surface area contributed by atoms with E-state index in [2.05, 4.69) is 12.2 Å². The van der Waals surface area contributed by atoms with Crippen molar-refractivity contribution in [3.05, 3.63) is 12.2 Å². The Hall–Kier alpha value is -0.870. The number of unbranched alkanes of at least 4 members (excludes halogenated alkanes) is 20. The average molecular weight is 545 g/mol. The lowest BCUT2D eigenvalue weighted by molar-refractivity contribution is -0.123. The van der Waals surface area contributed by atoms with Gasteiger partial charge in [0.1, 0.15) is 0 Å². The Balaban J connectivity index is 3.81. The van der Waals surface area contributed by atoms with Gasteiger partial charge in [0.05, 0.1) is 18.8 Å².